The molecular weight excluding hydrogens is 158 g/mol. The van der Waals surface area contributed by atoms with Crippen LogP contribution in [-0.4, -0.2) is 25.9 Å². The van der Waals surface area contributed by atoms with Gasteiger partial charge in [-0.25, -0.2) is 0 Å². The van der Waals surface area contributed by atoms with Crippen LogP contribution < -0.4 is 5.73 Å². The van der Waals surface area contributed by atoms with E-state index in [1.807, 2.05) is 0 Å². The number of methoxy groups -OCH3 is 1. The molecule has 0 saturated carbocycles. The number of rotatable bonds is 7. The fourth-order valence-electron chi connectivity index (χ4n) is 1.01. The minimum atomic E-state index is -0.363. The summed E-state index contributed by atoms with van der Waals surface area (Å²) < 4.78 is 4.83. The molecule has 0 saturated heterocycles. The molecule has 0 fully saturated rings. The summed E-state index contributed by atoms with van der Waals surface area (Å²) in [6.07, 6.45) is 2.16. The summed E-state index contributed by atoms with van der Waals surface area (Å²) in [5.41, 5.74) is 5.00. The van der Waals surface area contributed by atoms with E-state index in [1.165, 1.54) is 0 Å². The number of carbonyl (C=O) groups excluding carboxylic acids is 2. The fourth-order valence-corrected chi connectivity index (χ4v) is 1.01. The van der Waals surface area contributed by atoms with Crippen molar-refractivity contribution < 1.29 is 14.3 Å². The first-order chi connectivity index (χ1) is 5.70. The lowest BCUT2D eigenvalue weighted by Gasteiger charge is -2.10. The van der Waals surface area contributed by atoms with Crippen molar-refractivity contribution in [3.63, 3.8) is 0 Å². The van der Waals surface area contributed by atoms with Gasteiger partial charge in [-0.3, -0.25) is 4.79 Å². The van der Waals surface area contributed by atoms with E-state index in [0.29, 0.717) is 19.4 Å². The van der Waals surface area contributed by atoms with Crippen LogP contribution in [0.1, 0.15) is 19.3 Å². The van der Waals surface area contributed by atoms with Crippen LogP contribution in [0, 0.1) is 5.92 Å². The highest BCUT2D eigenvalue weighted by Gasteiger charge is 2.10. The molecule has 0 aromatic carbocycles. The Morgan fingerprint density at radius 3 is 2.75 bits per heavy atom. The van der Waals surface area contributed by atoms with Crippen LogP contribution in [0.3, 0.4) is 0 Å². The van der Waals surface area contributed by atoms with Crippen molar-refractivity contribution in [3.8, 4) is 0 Å². The molecule has 0 rings (SSSR count). The van der Waals surface area contributed by atoms with Crippen molar-refractivity contribution in [2.45, 2.75) is 19.3 Å². The summed E-state index contributed by atoms with van der Waals surface area (Å²) in [4.78, 5) is 20.7. The van der Waals surface area contributed by atoms with Gasteiger partial charge in [-0.1, -0.05) is 0 Å². The van der Waals surface area contributed by atoms with Crippen molar-refractivity contribution in [1.82, 2.24) is 0 Å². The van der Waals surface area contributed by atoms with Crippen molar-refractivity contribution in [1.29, 1.82) is 0 Å². The van der Waals surface area contributed by atoms with E-state index in [4.69, 9.17) is 10.5 Å². The van der Waals surface area contributed by atoms with E-state index in [1.54, 1.807) is 7.11 Å². The first-order valence-electron chi connectivity index (χ1n) is 3.91. The molecule has 0 aliphatic carbocycles. The van der Waals surface area contributed by atoms with Gasteiger partial charge < -0.3 is 15.3 Å². The Kier molecular flexibility index (Phi) is 6.28. The molecule has 4 heteroatoms. The average Bonchev–Trinajstić information content (AvgIpc) is 2.00. The molecule has 0 aromatic heterocycles. The largest absolute Gasteiger partial charge is 0.385 e. The van der Waals surface area contributed by atoms with Gasteiger partial charge in [-0.15, -0.1) is 0 Å². The van der Waals surface area contributed by atoms with E-state index in [2.05, 4.69) is 0 Å². The zero-order chi connectivity index (χ0) is 9.40. The third-order valence-electron chi connectivity index (χ3n) is 1.65. The molecule has 70 valence electrons. The van der Waals surface area contributed by atoms with Crippen molar-refractivity contribution in [2.24, 2.45) is 11.7 Å². The topological polar surface area (TPSA) is 69.4 Å². The van der Waals surface area contributed by atoms with Crippen LogP contribution in [0.25, 0.3) is 0 Å². The van der Waals surface area contributed by atoms with Gasteiger partial charge >= 0.3 is 0 Å². The Morgan fingerprint density at radius 1 is 1.67 bits per heavy atom. The number of primary amides is 1. The van der Waals surface area contributed by atoms with E-state index in [9.17, 15) is 9.59 Å². The lowest BCUT2D eigenvalue weighted by atomic mass is 9.98. The number of amides is 1. The third-order valence-corrected chi connectivity index (χ3v) is 1.65. The Hall–Kier alpha value is -0.900. The zero-order valence-electron chi connectivity index (χ0n) is 7.29. The summed E-state index contributed by atoms with van der Waals surface area (Å²) in [5, 5.41) is 0. The molecule has 0 aliphatic rings. The molecule has 0 aliphatic heterocycles. The highest BCUT2D eigenvalue weighted by molar-refractivity contribution is 5.74. The van der Waals surface area contributed by atoms with Crippen LogP contribution in [0.2, 0.25) is 0 Å². The van der Waals surface area contributed by atoms with Crippen LogP contribution >= 0.6 is 0 Å². The molecule has 4 nitrogen and oxygen atoms in total. The lowest BCUT2D eigenvalue weighted by molar-refractivity contribution is -0.119. The quantitative estimate of drug-likeness (QED) is 0.555. The Bertz CT molecular complexity index is 147. The molecule has 0 radical (unpaired) electrons. The maximum Gasteiger partial charge on any atom is 0.217 e. The predicted octanol–water partition coefficient (Wildman–Crippen LogP) is 0.104. The van der Waals surface area contributed by atoms with E-state index >= 15 is 0 Å². The van der Waals surface area contributed by atoms with Gasteiger partial charge in [0.15, 0.2) is 0 Å². The van der Waals surface area contributed by atoms with Gasteiger partial charge in [0.05, 0.1) is 0 Å². The summed E-state index contributed by atoms with van der Waals surface area (Å²) in [7, 11) is 1.59. The second-order valence-corrected chi connectivity index (χ2v) is 2.72. The Labute approximate surface area is 72.1 Å². The first-order valence-corrected chi connectivity index (χ1v) is 3.91. The molecule has 1 amide bonds. The average molecular weight is 173 g/mol. The molecule has 2 N–H and O–H groups in total. The van der Waals surface area contributed by atoms with Crippen LogP contribution in [-0.2, 0) is 14.3 Å². The molecule has 0 bridgehead atoms. The number of nitrogens with two attached hydrogens (primary N) is 1. The molecule has 1 unspecified atom stereocenters. The van der Waals surface area contributed by atoms with Crippen LogP contribution in [0.15, 0.2) is 0 Å². The molecular formula is C8H15NO3. The third kappa shape index (κ3) is 5.85. The van der Waals surface area contributed by atoms with Crippen LogP contribution in [0.5, 0.6) is 0 Å². The van der Waals surface area contributed by atoms with Gasteiger partial charge in [0.2, 0.25) is 5.91 Å². The summed E-state index contributed by atoms with van der Waals surface area (Å²) in [5.74, 6) is -0.321. The number of hydrogen-bond acceptors (Lipinski definition) is 3. The van der Waals surface area contributed by atoms with E-state index in [0.717, 1.165) is 6.29 Å². The monoisotopic (exact) mass is 173 g/mol. The fraction of sp³-hybridized carbons (Fsp3) is 0.750. The van der Waals surface area contributed by atoms with Crippen molar-refractivity contribution in [3.05, 3.63) is 0 Å². The van der Waals surface area contributed by atoms with Gasteiger partial charge in [-0.05, 0) is 12.3 Å². The molecule has 12 heavy (non-hydrogen) atoms. The maximum atomic E-state index is 10.5. The van der Waals surface area contributed by atoms with Gasteiger partial charge in [0, 0.05) is 26.6 Å². The second kappa shape index (κ2) is 6.79. The molecule has 1 atom stereocenters. The molecule has 0 aromatic rings. The van der Waals surface area contributed by atoms with Crippen LogP contribution in [0.4, 0.5) is 0 Å². The van der Waals surface area contributed by atoms with Gasteiger partial charge in [-0.2, -0.15) is 0 Å². The number of ether oxygens (including phenoxy) is 1. The van der Waals surface area contributed by atoms with E-state index < -0.39 is 0 Å². The zero-order valence-corrected chi connectivity index (χ0v) is 7.29. The van der Waals surface area contributed by atoms with E-state index in [-0.39, 0.29) is 18.2 Å². The number of hydrogen-bond donors (Lipinski definition) is 1. The highest BCUT2D eigenvalue weighted by Crippen LogP contribution is 2.11. The molecule has 0 spiro atoms. The number of aldehydes is 1. The Morgan fingerprint density at radius 2 is 2.33 bits per heavy atom. The minimum Gasteiger partial charge on any atom is -0.385 e. The second-order valence-electron chi connectivity index (χ2n) is 2.72. The SMILES string of the molecule is COCCC(CC=O)CC(N)=O. The highest BCUT2D eigenvalue weighted by atomic mass is 16.5. The summed E-state index contributed by atoms with van der Waals surface area (Å²) in [6.45, 7) is 0.561. The van der Waals surface area contributed by atoms with Crippen molar-refractivity contribution >= 4 is 12.2 Å². The Balaban J connectivity index is 3.68. The van der Waals surface area contributed by atoms with Gasteiger partial charge in [0.25, 0.3) is 0 Å². The van der Waals surface area contributed by atoms with Gasteiger partial charge in [0.1, 0.15) is 6.29 Å². The normalized spacial score (nSPS) is 12.4. The summed E-state index contributed by atoms with van der Waals surface area (Å²) in [6, 6.07) is 0. The number of carbonyl (C=O) groups is 2. The standard InChI is InChI=1S/C8H15NO3/c1-12-5-3-7(2-4-10)6-8(9)11/h4,7H,2-3,5-6H2,1H3,(H2,9,11). The smallest absolute Gasteiger partial charge is 0.217 e. The molecule has 0 heterocycles. The minimum absolute atomic E-state index is 0.0416. The lowest BCUT2D eigenvalue weighted by Crippen LogP contribution is -2.17. The van der Waals surface area contributed by atoms with Crippen molar-refractivity contribution in [2.75, 3.05) is 13.7 Å². The predicted molar refractivity (Wildman–Crippen MR) is 44.5 cm³/mol. The summed E-state index contributed by atoms with van der Waals surface area (Å²) >= 11 is 0. The maximum absolute atomic E-state index is 10.5. The first kappa shape index (κ1) is 11.1.